The Balaban J connectivity index is 1.33. The van der Waals surface area contributed by atoms with Gasteiger partial charge in [-0.05, 0) is 61.8 Å². The average Bonchev–Trinajstić information content (AvgIpc) is 3.63. The number of hydrogen-bond donors (Lipinski definition) is 2. The number of ether oxygens (including phenoxy) is 2. The summed E-state index contributed by atoms with van der Waals surface area (Å²) in [5.41, 5.74) is 0.836. The summed E-state index contributed by atoms with van der Waals surface area (Å²) in [5.74, 6) is -1.49. The predicted molar refractivity (Wildman–Crippen MR) is 175 cm³/mol. The molecule has 246 valence electrons. The van der Waals surface area contributed by atoms with Gasteiger partial charge in [0.15, 0.2) is 20.1 Å². The van der Waals surface area contributed by atoms with Crippen LogP contribution in [-0.2, 0) is 40.8 Å². The number of anilines is 2. The van der Waals surface area contributed by atoms with Crippen LogP contribution in [0.4, 0.5) is 11.4 Å². The van der Waals surface area contributed by atoms with Crippen molar-refractivity contribution in [3.63, 3.8) is 0 Å². The molecule has 1 spiro atoms. The van der Waals surface area contributed by atoms with E-state index in [0.717, 1.165) is 22.9 Å². The Kier molecular flexibility index (Phi) is 8.68. The molecule has 13 heteroatoms. The van der Waals surface area contributed by atoms with Crippen LogP contribution in [0, 0.1) is 5.92 Å². The number of β-lactam (4-membered cyclic amide) rings is 1. The summed E-state index contributed by atoms with van der Waals surface area (Å²) >= 11 is 3.58. The fraction of sp³-hybridized carbons (Fsp3) is 0.515. The Bertz CT molecular complexity index is 1580. The van der Waals surface area contributed by atoms with Gasteiger partial charge in [0, 0.05) is 40.7 Å². The Hall–Kier alpha value is -3.10. The molecule has 2 aromatic carbocycles. The summed E-state index contributed by atoms with van der Waals surface area (Å²) in [6, 6.07) is 12.6. The lowest BCUT2D eigenvalue weighted by Crippen LogP contribution is -2.54. The maximum absolute atomic E-state index is 14.8. The van der Waals surface area contributed by atoms with Gasteiger partial charge >= 0.3 is 5.97 Å². The largest absolute Gasteiger partial charge is 0.441 e. The molecule has 4 aliphatic heterocycles. The predicted octanol–water partition coefficient (Wildman–Crippen LogP) is 3.79. The van der Waals surface area contributed by atoms with Crippen molar-refractivity contribution >= 4 is 59.3 Å². The summed E-state index contributed by atoms with van der Waals surface area (Å²) in [6.45, 7) is 7.53. The number of amides is 3. The standard InChI is InChI=1S/C33H40BrN3O8Si/c1-19-31(46(3,4)43)27(15-28(40)35-12-6-9-24(35)18-38)45-33(19)25-14-22(34)10-11-26(25)36(32(33)42)17-21-7-5-8-23(13-21)37-29(41)16-30(37)44-20(2)39/h5,7-8,10-11,13-14,19,24,27,30-31,38,43H,6,9,12,15-18H2,1-4H3/t19-,24-,27+,30?,31-,33+/m0/s1. The Morgan fingerprint density at radius 3 is 2.61 bits per heavy atom. The number of rotatable bonds is 8. The van der Waals surface area contributed by atoms with Crippen molar-refractivity contribution in [3.8, 4) is 0 Å². The molecule has 0 aliphatic carbocycles. The number of likely N-dealkylation sites (tertiary alicyclic amines) is 1. The zero-order valence-electron chi connectivity index (χ0n) is 26.4. The first-order chi connectivity index (χ1) is 21.8. The first-order valence-electron chi connectivity index (χ1n) is 15.8. The van der Waals surface area contributed by atoms with Crippen molar-refractivity contribution in [3.05, 3.63) is 58.1 Å². The molecular formula is C33H40BrN3O8Si. The fourth-order valence-corrected chi connectivity index (χ4v) is 10.9. The monoisotopic (exact) mass is 713 g/mol. The van der Waals surface area contributed by atoms with E-state index in [2.05, 4.69) is 15.9 Å². The van der Waals surface area contributed by atoms with E-state index < -0.39 is 43.7 Å². The van der Waals surface area contributed by atoms with Crippen LogP contribution in [0.25, 0.3) is 0 Å². The van der Waals surface area contributed by atoms with Gasteiger partial charge in [0.1, 0.15) is 0 Å². The number of aliphatic hydroxyl groups excluding tert-OH is 1. The number of halogens is 1. The summed E-state index contributed by atoms with van der Waals surface area (Å²) in [7, 11) is -2.98. The maximum atomic E-state index is 14.8. The molecule has 0 aromatic heterocycles. The molecule has 11 nitrogen and oxygen atoms in total. The second-order valence-electron chi connectivity index (χ2n) is 13.4. The van der Waals surface area contributed by atoms with Crippen molar-refractivity contribution in [2.75, 3.05) is 23.0 Å². The van der Waals surface area contributed by atoms with E-state index in [0.29, 0.717) is 23.5 Å². The van der Waals surface area contributed by atoms with Gasteiger partial charge in [0.2, 0.25) is 11.8 Å². The molecule has 4 heterocycles. The molecule has 3 fully saturated rings. The van der Waals surface area contributed by atoms with Crippen LogP contribution in [0.5, 0.6) is 0 Å². The Morgan fingerprint density at radius 2 is 1.93 bits per heavy atom. The van der Waals surface area contributed by atoms with Gasteiger partial charge in [-0.1, -0.05) is 35.0 Å². The summed E-state index contributed by atoms with van der Waals surface area (Å²) in [6.07, 6.45) is 0.323. The van der Waals surface area contributed by atoms with Crippen LogP contribution in [0.1, 0.15) is 50.7 Å². The Morgan fingerprint density at radius 1 is 1.17 bits per heavy atom. The first-order valence-corrected chi connectivity index (χ1v) is 19.6. The fourth-order valence-electron chi connectivity index (χ4n) is 8.02. The third-order valence-corrected chi connectivity index (χ3v) is 13.0. The molecule has 0 radical (unpaired) electrons. The van der Waals surface area contributed by atoms with Crippen molar-refractivity contribution in [2.24, 2.45) is 5.92 Å². The van der Waals surface area contributed by atoms with E-state index in [4.69, 9.17) is 9.47 Å². The molecule has 3 amide bonds. The minimum atomic E-state index is -2.98. The number of aliphatic hydroxyl groups is 1. The number of nitrogens with zero attached hydrogens (tertiary/aromatic N) is 3. The van der Waals surface area contributed by atoms with Crippen LogP contribution >= 0.6 is 15.9 Å². The Labute approximate surface area is 277 Å². The van der Waals surface area contributed by atoms with Crippen molar-refractivity contribution < 1.29 is 38.6 Å². The molecule has 2 aromatic rings. The topological polar surface area (TPSA) is 137 Å². The highest BCUT2D eigenvalue weighted by atomic mass is 79.9. The smallest absolute Gasteiger partial charge is 0.304 e. The number of esters is 1. The molecule has 2 N–H and O–H groups in total. The van der Waals surface area contributed by atoms with Gasteiger partial charge in [-0.2, -0.15) is 0 Å². The van der Waals surface area contributed by atoms with Crippen LogP contribution in [0.2, 0.25) is 18.6 Å². The number of hydrogen-bond acceptors (Lipinski definition) is 8. The molecule has 6 rings (SSSR count). The minimum absolute atomic E-state index is 0.0102. The van der Waals surface area contributed by atoms with E-state index in [1.807, 2.05) is 50.3 Å². The number of benzene rings is 2. The second kappa shape index (κ2) is 12.2. The molecule has 0 bridgehead atoms. The van der Waals surface area contributed by atoms with Crippen LogP contribution in [0.3, 0.4) is 0 Å². The zero-order valence-corrected chi connectivity index (χ0v) is 29.0. The maximum Gasteiger partial charge on any atom is 0.304 e. The lowest BCUT2D eigenvalue weighted by molar-refractivity contribution is -0.154. The minimum Gasteiger partial charge on any atom is -0.441 e. The third kappa shape index (κ3) is 5.49. The van der Waals surface area contributed by atoms with E-state index >= 15 is 0 Å². The van der Waals surface area contributed by atoms with E-state index in [-0.39, 0.29) is 49.8 Å². The molecule has 1 unspecified atom stereocenters. The van der Waals surface area contributed by atoms with Crippen molar-refractivity contribution in [2.45, 2.75) is 88.7 Å². The van der Waals surface area contributed by atoms with E-state index in [1.165, 1.54) is 11.8 Å². The van der Waals surface area contributed by atoms with Crippen LogP contribution < -0.4 is 9.80 Å². The lowest BCUT2D eigenvalue weighted by atomic mass is 9.82. The van der Waals surface area contributed by atoms with Gasteiger partial charge in [-0.3, -0.25) is 24.1 Å². The van der Waals surface area contributed by atoms with Gasteiger partial charge in [0.05, 0.1) is 43.8 Å². The first kappa shape index (κ1) is 32.8. The molecule has 4 aliphatic rings. The molecular weight excluding hydrogens is 674 g/mol. The summed E-state index contributed by atoms with van der Waals surface area (Å²) < 4.78 is 12.9. The van der Waals surface area contributed by atoms with Crippen molar-refractivity contribution in [1.82, 2.24) is 4.90 Å². The number of fused-ring (bicyclic) bond motifs is 2. The van der Waals surface area contributed by atoms with Crippen LogP contribution in [0.15, 0.2) is 46.9 Å². The average molecular weight is 715 g/mol. The van der Waals surface area contributed by atoms with Gasteiger partial charge in [-0.25, -0.2) is 0 Å². The van der Waals surface area contributed by atoms with Gasteiger partial charge < -0.3 is 29.2 Å². The highest BCUT2D eigenvalue weighted by molar-refractivity contribution is 9.10. The zero-order chi connectivity index (χ0) is 33.1. The third-order valence-electron chi connectivity index (χ3n) is 9.97. The summed E-state index contributed by atoms with van der Waals surface area (Å²) in [4.78, 5) is 68.7. The lowest BCUT2D eigenvalue weighted by Gasteiger charge is -2.39. The van der Waals surface area contributed by atoms with Crippen molar-refractivity contribution in [1.29, 1.82) is 0 Å². The normalized spacial score (nSPS) is 29.0. The molecule has 0 saturated carbocycles. The van der Waals surface area contributed by atoms with E-state index in [1.54, 1.807) is 21.9 Å². The summed E-state index contributed by atoms with van der Waals surface area (Å²) in [5, 5.41) is 9.83. The molecule has 3 saturated heterocycles. The molecule has 46 heavy (non-hydrogen) atoms. The van der Waals surface area contributed by atoms with E-state index in [9.17, 15) is 29.1 Å². The highest BCUT2D eigenvalue weighted by Gasteiger charge is 2.66. The molecule has 6 atom stereocenters. The highest BCUT2D eigenvalue weighted by Crippen LogP contribution is 2.60. The quantitative estimate of drug-likeness (QED) is 0.240. The number of carbonyl (C=O) groups is 4. The van der Waals surface area contributed by atoms with Crippen LogP contribution in [-0.4, -0.2) is 78.3 Å². The SMILES string of the molecule is CC(=O)OC1CC(=O)N1c1cccc(CN2C(=O)[C@]3(O[C@H](CC(=O)N4CCC[C@H]4CO)[C@@H]([Si](C)(C)O)[C@@H]3C)c3cc(Br)ccc32)c1. The number of carbonyl (C=O) groups excluding carboxylic acids is 4. The van der Waals surface area contributed by atoms with Gasteiger partial charge in [-0.15, -0.1) is 0 Å². The second-order valence-corrected chi connectivity index (χ2v) is 18.3. The van der Waals surface area contributed by atoms with Gasteiger partial charge in [0.25, 0.3) is 5.91 Å².